The van der Waals surface area contributed by atoms with Crippen LogP contribution in [0.4, 0.5) is 17.1 Å². The quantitative estimate of drug-likeness (QED) is 0.156. The predicted octanol–water partition coefficient (Wildman–Crippen LogP) is 16.8. The maximum absolute atomic E-state index is 2.49. The van der Waals surface area contributed by atoms with E-state index in [4.69, 9.17) is 0 Å². The first-order valence-corrected chi connectivity index (χ1v) is 22.0. The van der Waals surface area contributed by atoms with Crippen LogP contribution in [0.15, 0.2) is 218 Å². The van der Waals surface area contributed by atoms with E-state index in [1.54, 1.807) is 0 Å². The fourth-order valence-electron chi connectivity index (χ4n) is 9.01. The zero-order chi connectivity index (χ0) is 39.6. The van der Waals surface area contributed by atoms with E-state index in [9.17, 15) is 0 Å². The summed E-state index contributed by atoms with van der Waals surface area (Å²) >= 11 is 3.74. The van der Waals surface area contributed by atoms with Crippen molar-refractivity contribution in [2.24, 2.45) is 0 Å². The van der Waals surface area contributed by atoms with Crippen molar-refractivity contribution in [2.45, 2.75) is 0 Å². The summed E-state index contributed by atoms with van der Waals surface area (Å²) in [5, 5.41) is 3.86. The van der Waals surface area contributed by atoms with Crippen LogP contribution in [-0.2, 0) is 0 Å². The molecule has 0 radical (unpaired) electrons. The minimum absolute atomic E-state index is 1.11. The van der Waals surface area contributed by atoms with Crippen molar-refractivity contribution in [1.82, 2.24) is 4.40 Å². The summed E-state index contributed by atoms with van der Waals surface area (Å²) in [6.07, 6.45) is 0. The van der Waals surface area contributed by atoms with Crippen LogP contribution >= 0.6 is 22.7 Å². The van der Waals surface area contributed by atoms with E-state index >= 15 is 0 Å². The number of benzene rings is 9. The molecule has 2 nitrogen and oxygen atoms in total. The second-order valence-electron chi connectivity index (χ2n) is 15.3. The van der Waals surface area contributed by atoms with Crippen LogP contribution in [0.5, 0.6) is 0 Å². The van der Waals surface area contributed by atoms with E-state index in [0.717, 1.165) is 11.4 Å². The second-order valence-corrected chi connectivity index (χ2v) is 17.4. The Morgan fingerprint density at radius 3 is 1.57 bits per heavy atom. The average molecular weight is 801 g/mol. The molecule has 3 aromatic heterocycles. The third-order valence-electron chi connectivity index (χ3n) is 11.8. The fourth-order valence-corrected chi connectivity index (χ4v) is 11.5. The molecule has 282 valence electrons. The SMILES string of the molecule is c1ccc(-c2ccc(-c3ccc(N(c4ccc(-c5cccc6sc7c(-c8ccccc8)c8ccccc8n7c56)cc4)c4cccc5c4sc4ccccc45)cc3)cc2)cc1. The second kappa shape index (κ2) is 14.2. The van der Waals surface area contributed by atoms with E-state index in [1.807, 2.05) is 22.7 Å². The molecule has 0 spiro atoms. The van der Waals surface area contributed by atoms with Crippen LogP contribution in [0.25, 0.3) is 90.6 Å². The van der Waals surface area contributed by atoms with E-state index in [-0.39, 0.29) is 0 Å². The number of para-hydroxylation sites is 2. The summed E-state index contributed by atoms with van der Waals surface area (Å²) in [5.74, 6) is 0. The van der Waals surface area contributed by atoms with Gasteiger partial charge in [0.1, 0.15) is 4.83 Å². The van der Waals surface area contributed by atoms with Crippen molar-refractivity contribution in [3.8, 4) is 44.5 Å². The van der Waals surface area contributed by atoms with Crippen LogP contribution < -0.4 is 4.90 Å². The van der Waals surface area contributed by atoms with Crippen LogP contribution in [-0.4, -0.2) is 4.40 Å². The van der Waals surface area contributed by atoms with Crippen LogP contribution in [0.3, 0.4) is 0 Å². The standard InChI is InChI=1S/C56H36N2S2/c1-3-13-37(14-4-1)38-25-27-39(28-26-38)40-29-33-43(34-30-40)57(50-22-11-20-47-46-17-8-10-23-51(46)59-55(47)50)44-35-31-41(32-36-44)45-19-12-24-52-54(45)58-49-21-9-7-18-48(49)53(56(58)60-52)42-15-5-2-6-16-42/h1-36H. The minimum Gasteiger partial charge on any atom is -0.309 e. The molecule has 12 aromatic rings. The van der Waals surface area contributed by atoms with Gasteiger partial charge in [-0.1, -0.05) is 170 Å². The minimum atomic E-state index is 1.11. The molecule has 0 atom stereocenters. The summed E-state index contributed by atoms with van der Waals surface area (Å²) in [4.78, 5) is 3.71. The number of aromatic nitrogens is 1. The fraction of sp³-hybridized carbons (Fsp3) is 0. The summed E-state index contributed by atoms with van der Waals surface area (Å²) < 4.78 is 6.35. The summed E-state index contributed by atoms with van der Waals surface area (Å²) in [6, 6.07) is 79.6. The molecule has 0 amide bonds. The number of hydrogen-bond donors (Lipinski definition) is 0. The molecule has 3 heterocycles. The highest BCUT2D eigenvalue weighted by molar-refractivity contribution is 7.26. The van der Waals surface area contributed by atoms with Crippen molar-refractivity contribution < 1.29 is 0 Å². The highest BCUT2D eigenvalue weighted by atomic mass is 32.1. The van der Waals surface area contributed by atoms with Crippen LogP contribution in [0.2, 0.25) is 0 Å². The Balaban J connectivity index is 0.981. The van der Waals surface area contributed by atoms with Gasteiger partial charge in [0.2, 0.25) is 0 Å². The highest BCUT2D eigenvalue weighted by Gasteiger charge is 2.22. The van der Waals surface area contributed by atoms with Gasteiger partial charge in [-0.25, -0.2) is 0 Å². The number of thiazole rings is 1. The lowest BCUT2D eigenvalue weighted by molar-refractivity contribution is 1.30. The molecule has 60 heavy (non-hydrogen) atoms. The molecule has 9 aromatic carbocycles. The number of hydrogen-bond acceptors (Lipinski definition) is 3. The van der Waals surface area contributed by atoms with Crippen molar-refractivity contribution in [2.75, 3.05) is 4.90 Å². The smallest absolute Gasteiger partial charge is 0.109 e. The number of rotatable bonds is 7. The van der Waals surface area contributed by atoms with Gasteiger partial charge in [0.05, 0.1) is 26.1 Å². The van der Waals surface area contributed by atoms with Gasteiger partial charge in [0.15, 0.2) is 0 Å². The normalized spacial score (nSPS) is 11.7. The zero-order valence-corrected chi connectivity index (χ0v) is 34.1. The topological polar surface area (TPSA) is 7.65 Å². The van der Waals surface area contributed by atoms with Gasteiger partial charge in [0.25, 0.3) is 0 Å². The maximum Gasteiger partial charge on any atom is 0.109 e. The van der Waals surface area contributed by atoms with Gasteiger partial charge in [-0.3, -0.25) is 4.40 Å². The molecule has 0 N–H and O–H groups in total. The third kappa shape index (κ3) is 5.68. The molecule has 0 bridgehead atoms. The lowest BCUT2D eigenvalue weighted by Gasteiger charge is -2.26. The Morgan fingerprint density at radius 1 is 0.350 bits per heavy atom. The lowest BCUT2D eigenvalue weighted by Crippen LogP contribution is -2.10. The number of nitrogens with zero attached hydrogens (tertiary/aromatic N) is 2. The molecule has 0 aliphatic carbocycles. The molecule has 4 heteroatoms. The first-order valence-electron chi connectivity index (χ1n) is 20.3. The molecule has 0 aliphatic rings. The van der Waals surface area contributed by atoms with Gasteiger partial charge in [-0.2, -0.15) is 0 Å². The summed E-state index contributed by atoms with van der Waals surface area (Å²) in [7, 11) is 0. The monoisotopic (exact) mass is 800 g/mol. The molecule has 0 saturated heterocycles. The molecular weight excluding hydrogens is 765 g/mol. The molecule has 0 saturated carbocycles. The molecule has 0 aliphatic heterocycles. The van der Waals surface area contributed by atoms with Gasteiger partial charge >= 0.3 is 0 Å². The Morgan fingerprint density at radius 2 is 0.867 bits per heavy atom. The Kier molecular flexibility index (Phi) is 8.25. The van der Waals surface area contributed by atoms with E-state index in [0.29, 0.717) is 0 Å². The third-order valence-corrected chi connectivity index (χ3v) is 14.2. The maximum atomic E-state index is 2.49. The zero-order valence-electron chi connectivity index (χ0n) is 32.5. The lowest BCUT2D eigenvalue weighted by atomic mass is 10.00. The van der Waals surface area contributed by atoms with Gasteiger partial charge < -0.3 is 4.90 Å². The number of anilines is 3. The first kappa shape index (κ1) is 34.8. The summed E-state index contributed by atoms with van der Waals surface area (Å²) in [5.41, 5.74) is 15.7. The van der Waals surface area contributed by atoms with E-state index < -0.39 is 0 Å². The van der Waals surface area contributed by atoms with Crippen molar-refractivity contribution in [3.63, 3.8) is 0 Å². The van der Waals surface area contributed by atoms with Crippen LogP contribution in [0, 0.1) is 0 Å². The van der Waals surface area contributed by atoms with Crippen molar-refractivity contribution in [3.05, 3.63) is 218 Å². The Bertz CT molecular complexity index is 3500. The van der Waals surface area contributed by atoms with Crippen molar-refractivity contribution >= 4 is 85.9 Å². The summed E-state index contributed by atoms with van der Waals surface area (Å²) in [6.45, 7) is 0. The first-order chi connectivity index (χ1) is 29.8. The molecule has 12 rings (SSSR count). The van der Waals surface area contributed by atoms with E-state index in [1.165, 1.54) is 96.3 Å². The molecule has 0 unspecified atom stereocenters. The van der Waals surface area contributed by atoms with Gasteiger partial charge in [-0.05, 0) is 81.9 Å². The van der Waals surface area contributed by atoms with Gasteiger partial charge in [0, 0.05) is 43.4 Å². The largest absolute Gasteiger partial charge is 0.309 e. The number of fused-ring (bicyclic) bond motifs is 8. The van der Waals surface area contributed by atoms with E-state index in [2.05, 4.69) is 228 Å². The number of thiophene rings is 1. The average Bonchev–Trinajstić information content (AvgIpc) is 4.00. The van der Waals surface area contributed by atoms with Crippen LogP contribution in [0.1, 0.15) is 0 Å². The Hall–Kier alpha value is -7.24. The molecule has 0 fully saturated rings. The Labute approximate surface area is 356 Å². The van der Waals surface area contributed by atoms with Gasteiger partial charge in [-0.15, -0.1) is 22.7 Å². The highest BCUT2D eigenvalue weighted by Crippen LogP contribution is 2.47. The molecular formula is C56H36N2S2. The predicted molar refractivity (Wildman–Crippen MR) is 260 cm³/mol. The van der Waals surface area contributed by atoms with Crippen molar-refractivity contribution in [1.29, 1.82) is 0 Å².